The predicted molar refractivity (Wildman–Crippen MR) is 259 cm³/mol. The Labute approximate surface area is 393 Å². The standard InChI is InChI=1S/C54H62ClN5O6/c1-34(33-66-48-20-25-56-47-14-5-9-35(2)51(47)48)27-42-29-40-16-18-45(31-46(40)53(42)21-23-54(24-22-53,52(63)64)60-44-13-7-12-43(55)30-44)65-26-8-15-50(62)58-36(3)38-10-6-11-39(28-38)41-17-19-49(57-32-41)59-37(4)61/h6-7,10-13,16-20,25,28,30-32,34-36,42,60H,5,8-9,14-15,21-24,26-27,29,33H2,1-4H3,(H,58,62)(H,63,64)(H,57,59,61)/t34-,35-,36-,42+,53?,54?/m1/s1. The molecule has 12 heteroatoms. The third-order valence-electron chi connectivity index (χ3n) is 14.2. The number of anilines is 2. The second-order valence-corrected chi connectivity index (χ2v) is 19.4. The van der Waals surface area contributed by atoms with Crippen LogP contribution in [0, 0.1) is 11.8 Å². The van der Waals surface area contributed by atoms with Crippen molar-refractivity contribution in [1.82, 2.24) is 15.3 Å². The highest BCUT2D eigenvalue weighted by atomic mass is 35.5. The first kappa shape index (κ1) is 46.6. The van der Waals surface area contributed by atoms with E-state index in [0.29, 0.717) is 80.1 Å². The van der Waals surface area contributed by atoms with Gasteiger partial charge < -0.3 is 30.5 Å². The molecule has 1 fully saturated rings. The van der Waals surface area contributed by atoms with Gasteiger partial charge in [0, 0.05) is 53.3 Å². The molecule has 4 atom stereocenters. The molecule has 346 valence electrons. The lowest BCUT2D eigenvalue weighted by atomic mass is 9.59. The van der Waals surface area contributed by atoms with Crippen molar-refractivity contribution in [2.45, 2.75) is 121 Å². The molecule has 2 amide bonds. The van der Waals surface area contributed by atoms with Gasteiger partial charge in [-0.3, -0.25) is 14.6 Å². The van der Waals surface area contributed by atoms with Crippen LogP contribution in [0.15, 0.2) is 97.3 Å². The number of amides is 2. The molecular weight excluding hydrogens is 850 g/mol. The highest BCUT2D eigenvalue weighted by molar-refractivity contribution is 6.30. The van der Waals surface area contributed by atoms with Crippen molar-refractivity contribution >= 4 is 40.9 Å². The van der Waals surface area contributed by atoms with Crippen LogP contribution >= 0.6 is 11.6 Å². The van der Waals surface area contributed by atoms with Gasteiger partial charge in [0.05, 0.1) is 19.3 Å². The number of aromatic nitrogens is 2. The van der Waals surface area contributed by atoms with Crippen LogP contribution in [0.3, 0.4) is 0 Å². The number of carboxylic acids is 1. The smallest absolute Gasteiger partial charge is 0.329 e. The summed E-state index contributed by atoms with van der Waals surface area (Å²) in [6.07, 6.45) is 11.9. The molecule has 2 aromatic heterocycles. The first-order valence-electron chi connectivity index (χ1n) is 23.6. The summed E-state index contributed by atoms with van der Waals surface area (Å²) in [5, 5.41) is 20.5. The number of nitrogens with zero attached hydrogens (tertiary/aromatic N) is 2. The van der Waals surface area contributed by atoms with Gasteiger partial charge in [-0.05, 0) is 171 Å². The summed E-state index contributed by atoms with van der Waals surface area (Å²) in [4.78, 5) is 46.7. The number of carbonyl (C=O) groups is 3. The Morgan fingerprint density at radius 1 is 0.924 bits per heavy atom. The predicted octanol–water partition coefficient (Wildman–Crippen LogP) is 11.3. The van der Waals surface area contributed by atoms with Crippen molar-refractivity contribution in [3.05, 3.63) is 130 Å². The number of nitrogens with one attached hydrogen (secondary N) is 3. The van der Waals surface area contributed by atoms with E-state index < -0.39 is 11.5 Å². The topological polar surface area (TPSA) is 152 Å². The summed E-state index contributed by atoms with van der Waals surface area (Å²) in [6, 6.07) is 27.2. The number of hydrogen-bond acceptors (Lipinski definition) is 8. The van der Waals surface area contributed by atoms with Crippen LogP contribution in [0.1, 0.15) is 125 Å². The maximum atomic E-state index is 13.2. The van der Waals surface area contributed by atoms with Crippen molar-refractivity contribution < 1.29 is 29.0 Å². The number of benzene rings is 3. The van der Waals surface area contributed by atoms with E-state index in [1.807, 2.05) is 67.7 Å². The molecule has 11 nitrogen and oxygen atoms in total. The number of pyridine rings is 2. The summed E-state index contributed by atoms with van der Waals surface area (Å²) in [5.74, 6) is 2.12. The Morgan fingerprint density at radius 3 is 2.50 bits per heavy atom. The molecule has 8 rings (SSSR count). The highest BCUT2D eigenvalue weighted by Gasteiger charge is 2.54. The second kappa shape index (κ2) is 20.3. The maximum Gasteiger partial charge on any atom is 0.329 e. The lowest BCUT2D eigenvalue weighted by Crippen LogP contribution is -2.53. The third-order valence-corrected chi connectivity index (χ3v) is 14.5. The zero-order valence-corrected chi connectivity index (χ0v) is 39.3. The van der Waals surface area contributed by atoms with Crippen molar-refractivity contribution in [3.63, 3.8) is 0 Å². The normalized spacial score (nSPS) is 21.8. The van der Waals surface area contributed by atoms with Crippen LogP contribution in [0.2, 0.25) is 5.02 Å². The fourth-order valence-corrected chi connectivity index (χ4v) is 11.0. The van der Waals surface area contributed by atoms with Crippen LogP contribution in [-0.4, -0.2) is 51.6 Å². The molecule has 4 N–H and O–H groups in total. The number of fused-ring (bicyclic) bond motifs is 3. The van der Waals surface area contributed by atoms with E-state index in [0.717, 1.165) is 66.0 Å². The molecule has 3 aliphatic rings. The van der Waals surface area contributed by atoms with Gasteiger partial charge in [0.2, 0.25) is 11.8 Å². The molecule has 1 saturated carbocycles. The Kier molecular flexibility index (Phi) is 14.3. The van der Waals surface area contributed by atoms with E-state index in [2.05, 4.69) is 51.9 Å². The van der Waals surface area contributed by atoms with Crippen LogP contribution < -0.4 is 25.4 Å². The monoisotopic (exact) mass is 911 g/mol. The number of halogens is 1. The quantitative estimate of drug-likeness (QED) is 0.0668. The van der Waals surface area contributed by atoms with Gasteiger partial charge in [0.1, 0.15) is 22.9 Å². The zero-order valence-electron chi connectivity index (χ0n) is 38.5. The minimum Gasteiger partial charge on any atom is -0.494 e. The Balaban J connectivity index is 0.919. The summed E-state index contributed by atoms with van der Waals surface area (Å²) in [6.45, 7) is 8.95. The third kappa shape index (κ3) is 10.5. The molecule has 1 spiro atoms. The van der Waals surface area contributed by atoms with E-state index in [9.17, 15) is 19.5 Å². The van der Waals surface area contributed by atoms with E-state index in [1.54, 1.807) is 24.4 Å². The summed E-state index contributed by atoms with van der Waals surface area (Å²) in [7, 11) is 0. The van der Waals surface area contributed by atoms with Gasteiger partial charge in [0.25, 0.3) is 0 Å². The van der Waals surface area contributed by atoms with E-state index in [4.69, 9.17) is 21.1 Å². The molecule has 0 bridgehead atoms. The molecule has 66 heavy (non-hydrogen) atoms. The second-order valence-electron chi connectivity index (χ2n) is 19.0. The highest BCUT2D eigenvalue weighted by Crippen LogP contribution is 2.57. The number of aliphatic carboxylic acids is 1. The van der Waals surface area contributed by atoms with Gasteiger partial charge in [-0.2, -0.15) is 0 Å². The molecule has 3 aliphatic carbocycles. The SMILES string of the molecule is CC(=O)Nc1ccc(-c2cccc([C@@H](C)NC(=O)CCCOc3ccc4c(c3)C3(CCC(Nc5cccc(Cl)c5)(C(=O)O)CC3)[C@@H](C[C@@H](C)COc3ccnc5c3[C@H](C)CCC5)C4)c2)cn1. The maximum absolute atomic E-state index is 13.2. The lowest BCUT2D eigenvalue weighted by Gasteiger charge is -2.47. The average Bonchev–Trinajstić information content (AvgIpc) is 3.58. The molecular formula is C54H62ClN5O6. The van der Waals surface area contributed by atoms with Gasteiger partial charge in [-0.25, -0.2) is 9.78 Å². The Bertz CT molecular complexity index is 2540. The summed E-state index contributed by atoms with van der Waals surface area (Å²) in [5.41, 5.74) is 7.17. The average molecular weight is 913 g/mol. The molecule has 0 saturated heterocycles. The minimum absolute atomic E-state index is 0.0551. The van der Waals surface area contributed by atoms with Crippen molar-refractivity contribution in [2.24, 2.45) is 11.8 Å². The van der Waals surface area contributed by atoms with Gasteiger partial charge in [-0.15, -0.1) is 0 Å². The van der Waals surface area contributed by atoms with E-state index >= 15 is 0 Å². The Morgan fingerprint density at radius 2 is 1.74 bits per heavy atom. The van der Waals surface area contributed by atoms with Gasteiger partial charge >= 0.3 is 5.97 Å². The number of aryl methyl sites for hydroxylation is 1. The molecule has 0 aliphatic heterocycles. The molecule has 2 heterocycles. The van der Waals surface area contributed by atoms with Crippen LogP contribution in [0.25, 0.3) is 11.1 Å². The van der Waals surface area contributed by atoms with Gasteiger partial charge in [0.15, 0.2) is 0 Å². The number of ether oxygens (including phenoxy) is 2. The first-order chi connectivity index (χ1) is 31.8. The molecule has 3 aromatic carbocycles. The van der Waals surface area contributed by atoms with Crippen molar-refractivity contribution in [3.8, 4) is 22.6 Å². The molecule has 0 unspecified atom stereocenters. The molecule has 0 radical (unpaired) electrons. The van der Waals surface area contributed by atoms with E-state index in [-0.39, 0.29) is 29.2 Å². The molecule has 5 aromatic rings. The Hall–Kier alpha value is -5.94. The summed E-state index contributed by atoms with van der Waals surface area (Å²) >= 11 is 6.33. The van der Waals surface area contributed by atoms with Crippen LogP contribution in [-0.2, 0) is 32.6 Å². The van der Waals surface area contributed by atoms with Crippen LogP contribution in [0.4, 0.5) is 11.5 Å². The van der Waals surface area contributed by atoms with Gasteiger partial charge in [-0.1, -0.05) is 55.8 Å². The first-order valence-corrected chi connectivity index (χ1v) is 24.0. The van der Waals surface area contributed by atoms with Crippen molar-refractivity contribution in [1.29, 1.82) is 0 Å². The van der Waals surface area contributed by atoms with Crippen LogP contribution in [0.5, 0.6) is 11.5 Å². The largest absolute Gasteiger partial charge is 0.494 e. The number of carbonyl (C=O) groups excluding carboxylic acids is 2. The number of rotatable bonds is 17. The fraction of sp³-hybridized carbons (Fsp3) is 0.426. The number of carboxylic acid groups (broad SMARTS) is 1. The summed E-state index contributed by atoms with van der Waals surface area (Å²) < 4.78 is 13.0. The zero-order chi connectivity index (χ0) is 46.4. The van der Waals surface area contributed by atoms with E-state index in [1.165, 1.54) is 23.6 Å². The minimum atomic E-state index is -1.12. The number of hydrogen-bond donors (Lipinski definition) is 4. The lowest BCUT2D eigenvalue weighted by molar-refractivity contribution is -0.144. The fourth-order valence-electron chi connectivity index (χ4n) is 10.8. The van der Waals surface area contributed by atoms with Crippen molar-refractivity contribution in [2.75, 3.05) is 23.8 Å².